The smallest absolute Gasteiger partial charge is 0.337 e. The third-order valence-corrected chi connectivity index (χ3v) is 2.60. The van der Waals surface area contributed by atoms with Crippen molar-refractivity contribution in [1.29, 1.82) is 0 Å². The van der Waals surface area contributed by atoms with Crippen molar-refractivity contribution in [2.75, 3.05) is 0 Å². The van der Waals surface area contributed by atoms with E-state index in [0.717, 1.165) is 21.9 Å². The van der Waals surface area contributed by atoms with Gasteiger partial charge < -0.3 is 9.40 Å². The lowest BCUT2D eigenvalue weighted by molar-refractivity contribution is 0.551. The summed E-state index contributed by atoms with van der Waals surface area (Å²) in [7, 11) is 0. The monoisotopic (exact) mass is 199 g/mol. The molecule has 0 aliphatic heterocycles. The van der Waals surface area contributed by atoms with Crippen molar-refractivity contribution >= 4 is 22.0 Å². The zero-order chi connectivity index (χ0) is 10.4. The van der Waals surface area contributed by atoms with Gasteiger partial charge in [0.05, 0.1) is 0 Å². The van der Waals surface area contributed by atoms with E-state index in [2.05, 4.69) is 4.98 Å². The molecule has 3 aromatic rings. The second-order valence-corrected chi connectivity index (χ2v) is 3.62. The minimum Gasteiger partial charge on any atom is -0.406 e. The fourth-order valence-corrected chi connectivity index (χ4v) is 1.96. The molecule has 0 fully saturated rings. The molecular formula is C12H9NO2. The van der Waals surface area contributed by atoms with Crippen LogP contribution >= 0.6 is 0 Å². The van der Waals surface area contributed by atoms with E-state index in [1.165, 1.54) is 6.07 Å². The minimum atomic E-state index is -0.313. The summed E-state index contributed by atoms with van der Waals surface area (Å²) in [4.78, 5) is 14.3. The largest absolute Gasteiger partial charge is 0.406 e. The average molecular weight is 199 g/mol. The third kappa shape index (κ3) is 1.09. The molecule has 0 bridgehead atoms. The van der Waals surface area contributed by atoms with Crippen molar-refractivity contribution in [3.8, 4) is 0 Å². The van der Waals surface area contributed by atoms with Crippen LogP contribution in [0.4, 0.5) is 0 Å². The zero-order valence-corrected chi connectivity index (χ0v) is 8.20. The van der Waals surface area contributed by atoms with Gasteiger partial charge >= 0.3 is 5.63 Å². The highest BCUT2D eigenvalue weighted by molar-refractivity contribution is 6.06. The van der Waals surface area contributed by atoms with Crippen LogP contribution in [0.1, 0.15) is 5.56 Å². The van der Waals surface area contributed by atoms with Crippen LogP contribution in [-0.2, 0) is 0 Å². The molecule has 1 N–H and O–H groups in total. The van der Waals surface area contributed by atoms with Crippen LogP contribution in [0.5, 0.6) is 0 Å². The Morgan fingerprint density at radius 3 is 2.93 bits per heavy atom. The molecular weight excluding hydrogens is 190 g/mol. The number of nitrogens with one attached hydrogen (secondary N) is 1. The zero-order valence-electron chi connectivity index (χ0n) is 8.20. The van der Waals surface area contributed by atoms with Gasteiger partial charge in [0.1, 0.15) is 0 Å². The number of benzene rings is 1. The van der Waals surface area contributed by atoms with Gasteiger partial charge in [0.15, 0.2) is 0 Å². The summed E-state index contributed by atoms with van der Waals surface area (Å²) >= 11 is 0. The highest BCUT2D eigenvalue weighted by Gasteiger charge is 2.08. The van der Waals surface area contributed by atoms with Gasteiger partial charge in [0.25, 0.3) is 0 Å². The van der Waals surface area contributed by atoms with Crippen molar-refractivity contribution < 1.29 is 4.42 Å². The van der Waals surface area contributed by atoms with E-state index in [0.29, 0.717) is 5.71 Å². The van der Waals surface area contributed by atoms with Gasteiger partial charge in [-0.25, -0.2) is 4.79 Å². The molecule has 0 saturated carbocycles. The number of hydrogen-bond acceptors (Lipinski definition) is 2. The van der Waals surface area contributed by atoms with Crippen molar-refractivity contribution in [2.24, 2.45) is 0 Å². The highest BCUT2D eigenvalue weighted by atomic mass is 16.4. The molecule has 74 valence electrons. The molecule has 0 unspecified atom stereocenters. The first-order valence-corrected chi connectivity index (χ1v) is 4.77. The molecule has 0 atom stereocenters. The van der Waals surface area contributed by atoms with Crippen LogP contribution in [-0.4, -0.2) is 4.98 Å². The van der Waals surface area contributed by atoms with Crippen molar-refractivity contribution in [3.05, 3.63) is 46.3 Å². The van der Waals surface area contributed by atoms with E-state index in [1.807, 2.05) is 31.2 Å². The van der Waals surface area contributed by atoms with Gasteiger partial charge in [0.2, 0.25) is 5.71 Å². The van der Waals surface area contributed by atoms with Crippen molar-refractivity contribution in [2.45, 2.75) is 6.92 Å². The number of rotatable bonds is 0. The minimum absolute atomic E-state index is 0.313. The van der Waals surface area contributed by atoms with Gasteiger partial charge in [0, 0.05) is 22.4 Å². The molecule has 3 rings (SSSR count). The number of fused-ring (bicyclic) bond motifs is 3. The maximum absolute atomic E-state index is 11.2. The van der Waals surface area contributed by atoms with E-state index < -0.39 is 0 Å². The lowest BCUT2D eigenvalue weighted by atomic mass is 10.1. The van der Waals surface area contributed by atoms with E-state index in [-0.39, 0.29) is 5.63 Å². The number of H-pyrrole nitrogens is 1. The number of aromatic amines is 1. The lowest BCUT2D eigenvalue weighted by Gasteiger charge is -1.93. The molecule has 2 aromatic heterocycles. The van der Waals surface area contributed by atoms with Crippen LogP contribution in [0.25, 0.3) is 22.0 Å². The van der Waals surface area contributed by atoms with E-state index >= 15 is 0 Å². The summed E-state index contributed by atoms with van der Waals surface area (Å²) in [6.45, 7) is 1.92. The Morgan fingerprint density at radius 1 is 1.27 bits per heavy atom. The molecule has 15 heavy (non-hydrogen) atoms. The first kappa shape index (κ1) is 8.29. The molecule has 0 saturated heterocycles. The summed E-state index contributed by atoms with van der Waals surface area (Å²) in [5, 5.41) is 2.08. The molecule has 3 heteroatoms. The van der Waals surface area contributed by atoms with E-state index in [1.54, 1.807) is 0 Å². The number of para-hydroxylation sites is 1. The van der Waals surface area contributed by atoms with Gasteiger partial charge in [-0.15, -0.1) is 0 Å². The quantitative estimate of drug-likeness (QED) is 0.604. The Labute approximate surface area is 85.3 Å². The van der Waals surface area contributed by atoms with Crippen LogP contribution < -0.4 is 5.63 Å². The van der Waals surface area contributed by atoms with Crippen LogP contribution in [0, 0.1) is 6.92 Å². The first-order valence-electron chi connectivity index (χ1n) is 4.77. The Hall–Kier alpha value is -2.03. The Morgan fingerprint density at radius 2 is 2.07 bits per heavy atom. The number of hydrogen-bond donors (Lipinski definition) is 1. The topological polar surface area (TPSA) is 46.0 Å². The van der Waals surface area contributed by atoms with E-state index in [4.69, 9.17) is 4.42 Å². The fourth-order valence-electron chi connectivity index (χ4n) is 1.96. The molecule has 0 amide bonds. The van der Waals surface area contributed by atoms with Gasteiger partial charge in [-0.3, -0.25) is 0 Å². The summed E-state index contributed by atoms with van der Waals surface area (Å²) in [6.07, 6.45) is 0. The second-order valence-electron chi connectivity index (χ2n) is 3.62. The summed E-state index contributed by atoms with van der Waals surface area (Å²) in [5.74, 6) is 0. The first-order chi connectivity index (χ1) is 7.25. The summed E-state index contributed by atoms with van der Waals surface area (Å²) in [5.41, 5.74) is 2.18. The molecule has 0 aliphatic rings. The Kier molecular flexibility index (Phi) is 1.51. The standard InChI is InChI=1S/C12H9NO2/c1-7-6-10(14)15-12-11(7)8-4-2-3-5-9(8)13-12/h2-6,13H,1H3. The maximum Gasteiger partial charge on any atom is 0.337 e. The Bertz CT molecular complexity index is 706. The lowest BCUT2D eigenvalue weighted by Crippen LogP contribution is -1.96. The van der Waals surface area contributed by atoms with E-state index in [9.17, 15) is 4.79 Å². The number of aryl methyl sites for hydroxylation is 1. The molecule has 0 spiro atoms. The fraction of sp³-hybridized carbons (Fsp3) is 0.0833. The molecule has 0 radical (unpaired) electrons. The molecule has 2 heterocycles. The van der Waals surface area contributed by atoms with Gasteiger partial charge in [-0.2, -0.15) is 0 Å². The molecule has 0 aliphatic carbocycles. The predicted molar refractivity (Wildman–Crippen MR) is 59.1 cm³/mol. The second kappa shape index (κ2) is 2.73. The maximum atomic E-state index is 11.2. The van der Waals surface area contributed by atoms with Crippen LogP contribution in [0.15, 0.2) is 39.5 Å². The normalized spacial score (nSPS) is 11.3. The van der Waals surface area contributed by atoms with Gasteiger partial charge in [-0.05, 0) is 18.6 Å². The van der Waals surface area contributed by atoms with Crippen LogP contribution in [0.2, 0.25) is 0 Å². The average Bonchev–Trinajstić information content (AvgIpc) is 2.54. The van der Waals surface area contributed by atoms with Crippen molar-refractivity contribution in [1.82, 2.24) is 4.98 Å². The SMILES string of the molecule is Cc1cc(=O)oc2[nH]c3ccccc3c12. The summed E-state index contributed by atoms with van der Waals surface area (Å²) < 4.78 is 5.12. The van der Waals surface area contributed by atoms with Crippen molar-refractivity contribution in [3.63, 3.8) is 0 Å². The van der Waals surface area contributed by atoms with Crippen LogP contribution in [0.3, 0.4) is 0 Å². The third-order valence-electron chi connectivity index (χ3n) is 2.60. The molecule has 1 aromatic carbocycles. The predicted octanol–water partition coefficient (Wildman–Crippen LogP) is 2.58. The Balaban J connectivity index is 2.67. The number of aromatic nitrogens is 1. The molecule has 3 nitrogen and oxygen atoms in total. The highest BCUT2D eigenvalue weighted by Crippen LogP contribution is 2.26. The summed E-state index contributed by atoms with van der Waals surface area (Å²) in [6, 6.07) is 9.42. The van der Waals surface area contributed by atoms with Gasteiger partial charge in [-0.1, -0.05) is 18.2 Å².